The van der Waals surface area contributed by atoms with E-state index < -0.39 is 18.4 Å². The van der Waals surface area contributed by atoms with Crippen LogP contribution in [0.5, 0.6) is 11.5 Å². The molecule has 0 heterocycles. The summed E-state index contributed by atoms with van der Waals surface area (Å²) in [6.45, 7) is -0.447. The summed E-state index contributed by atoms with van der Waals surface area (Å²) < 4.78 is 15.3. The first-order valence-corrected chi connectivity index (χ1v) is 8.73. The van der Waals surface area contributed by atoms with E-state index in [2.05, 4.69) is 0 Å². The van der Waals surface area contributed by atoms with Gasteiger partial charge in [-0.15, -0.1) is 0 Å². The molecule has 2 rings (SSSR count). The van der Waals surface area contributed by atoms with E-state index in [1.165, 1.54) is 44.6 Å². The molecular formula is C19H15Cl3O5. The number of ketones is 1. The van der Waals surface area contributed by atoms with Crippen molar-refractivity contribution in [2.24, 2.45) is 0 Å². The average Bonchev–Trinajstić information content (AvgIpc) is 2.63. The van der Waals surface area contributed by atoms with E-state index in [0.717, 1.165) is 0 Å². The van der Waals surface area contributed by atoms with Crippen molar-refractivity contribution in [3.63, 3.8) is 0 Å². The summed E-state index contributed by atoms with van der Waals surface area (Å²) in [6, 6.07) is 7.70. The predicted molar refractivity (Wildman–Crippen MR) is 105 cm³/mol. The van der Waals surface area contributed by atoms with Crippen LogP contribution in [0.3, 0.4) is 0 Å². The third kappa shape index (κ3) is 5.63. The van der Waals surface area contributed by atoms with Crippen LogP contribution < -0.4 is 9.47 Å². The molecule has 142 valence electrons. The molecule has 0 saturated heterocycles. The number of hydrogen-bond donors (Lipinski definition) is 0. The molecule has 0 aliphatic carbocycles. The zero-order valence-corrected chi connectivity index (χ0v) is 16.7. The lowest BCUT2D eigenvalue weighted by Crippen LogP contribution is -2.13. The van der Waals surface area contributed by atoms with Crippen LogP contribution >= 0.6 is 34.8 Å². The molecule has 0 fully saturated rings. The number of carbonyl (C=O) groups excluding carboxylic acids is 2. The van der Waals surface area contributed by atoms with Crippen molar-refractivity contribution in [3.8, 4) is 11.5 Å². The SMILES string of the molecule is COc1cc(/C=C/C(=O)OCC(=O)c2ccc(Cl)cc2Cl)cc(Cl)c1OC. The Morgan fingerprint density at radius 1 is 1.00 bits per heavy atom. The Kier molecular flexibility index (Phi) is 7.54. The highest BCUT2D eigenvalue weighted by Gasteiger charge is 2.13. The van der Waals surface area contributed by atoms with Gasteiger partial charge < -0.3 is 14.2 Å². The van der Waals surface area contributed by atoms with Gasteiger partial charge in [0.15, 0.2) is 18.1 Å². The minimum Gasteiger partial charge on any atom is -0.493 e. The number of halogens is 3. The van der Waals surface area contributed by atoms with Crippen molar-refractivity contribution in [1.82, 2.24) is 0 Å². The number of ether oxygens (including phenoxy) is 3. The number of carbonyl (C=O) groups is 2. The van der Waals surface area contributed by atoms with Gasteiger partial charge in [0.25, 0.3) is 0 Å². The van der Waals surface area contributed by atoms with Gasteiger partial charge in [-0.25, -0.2) is 4.79 Å². The number of benzene rings is 2. The molecule has 0 bridgehead atoms. The molecule has 0 unspecified atom stereocenters. The number of Topliss-reactive ketones (excluding diaryl/α,β-unsaturated/α-hetero) is 1. The molecule has 0 amide bonds. The van der Waals surface area contributed by atoms with Crippen LogP contribution in [0, 0.1) is 0 Å². The predicted octanol–water partition coefficient (Wildman–Crippen LogP) is 5.10. The van der Waals surface area contributed by atoms with Crippen molar-refractivity contribution in [2.75, 3.05) is 20.8 Å². The molecule has 0 spiro atoms. The Balaban J connectivity index is 2.01. The van der Waals surface area contributed by atoms with Gasteiger partial charge in [0.1, 0.15) is 0 Å². The minimum atomic E-state index is -0.695. The summed E-state index contributed by atoms with van der Waals surface area (Å²) in [6.07, 6.45) is 2.66. The summed E-state index contributed by atoms with van der Waals surface area (Å²) in [7, 11) is 2.95. The van der Waals surface area contributed by atoms with Crippen LogP contribution in [-0.4, -0.2) is 32.6 Å². The van der Waals surface area contributed by atoms with Crippen LogP contribution in [0.25, 0.3) is 6.08 Å². The third-order valence-electron chi connectivity index (χ3n) is 3.44. The van der Waals surface area contributed by atoms with Gasteiger partial charge in [-0.2, -0.15) is 0 Å². The molecule has 0 radical (unpaired) electrons. The number of rotatable bonds is 7. The van der Waals surface area contributed by atoms with Gasteiger partial charge in [-0.05, 0) is 42.0 Å². The second-order valence-electron chi connectivity index (χ2n) is 5.23. The first kappa shape index (κ1) is 21.1. The van der Waals surface area contributed by atoms with Crippen molar-refractivity contribution in [2.45, 2.75) is 0 Å². The van der Waals surface area contributed by atoms with Gasteiger partial charge in [-0.1, -0.05) is 34.8 Å². The van der Waals surface area contributed by atoms with Gasteiger partial charge in [0.05, 0.1) is 24.3 Å². The minimum absolute atomic E-state index is 0.194. The molecule has 2 aromatic carbocycles. The lowest BCUT2D eigenvalue weighted by molar-refractivity contribution is -0.136. The van der Waals surface area contributed by atoms with E-state index in [4.69, 9.17) is 49.0 Å². The second-order valence-corrected chi connectivity index (χ2v) is 6.48. The zero-order chi connectivity index (χ0) is 20.0. The third-order valence-corrected chi connectivity index (χ3v) is 4.27. The van der Waals surface area contributed by atoms with Gasteiger partial charge in [0, 0.05) is 16.7 Å². The maximum absolute atomic E-state index is 12.1. The maximum Gasteiger partial charge on any atom is 0.331 e. The van der Waals surface area contributed by atoms with E-state index in [1.807, 2.05) is 0 Å². The summed E-state index contributed by atoms with van der Waals surface area (Å²) in [4.78, 5) is 23.9. The number of methoxy groups -OCH3 is 2. The molecular weight excluding hydrogens is 415 g/mol. The lowest BCUT2D eigenvalue weighted by atomic mass is 10.1. The molecule has 8 heteroatoms. The smallest absolute Gasteiger partial charge is 0.331 e. The Hall–Kier alpha value is -2.21. The standard InChI is InChI=1S/C19H15Cl3O5/c1-25-17-8-11(7-15(22)19(17)26-2)3-6-18(24)27-10-16(23)13-5-4-12(20)9-14(13)21/h3-9H,10H2,1-2H3/b6-3+. The van der Waals surface area contributed by atoms with Crippen molar-refractivity contribution < 1.29 is 23.8 Å². The Morgan fingerprint density at radius 3 is 2.37 bits per heavy atom. The van der Waals surface area contributed by atoms with E-state index in [0.29, 0.717) is 27.1 Å². The second kappa shape index (κ2) is 9.65. The Labute approximate surface area is 171 Å². The molecule has 27 heavy (non-hydrogen) atoms. The van der Waals surface area contributed by atoms with E-state index in [1.54, 1.807) is 12.1 Å². The average molecular weight is 430 g/mol. The topological polar surface area (TPSA) is 61.8 Å². The fourth-order valence-corrected chi connectivity index (χ4v) is 2.99. The molecule has 5 nitrogen and oxygen atoms in total. The Bertz CT molecular complexity index is 893. The highest BCUT2D eigenvalue weighted by Crippen LogP contribution is 2.36. The van der Waals surface area contributed by atoms with Gasteiger partial charge >= 0.3 is 5.97 Å². The fraction of sp³-hybridized carbons (Fsp3) is 0.158. The van der Waals surface area contributed by atoms with Crippen LogP contribution in [0.15, 0.2) is 36.4 Å². The van der Waals surface area contributed by atoms with E-state index in [9.17, 15) is 9.59 Å². The molecule has 0 aromatic heterocycles. The van der Waals surface area contributed by atoms with Crippen LogP contribution in [0.2, 0.25) is 15.1 Å². The van der Waals surface area contributed by atoms with Crippen LogP contribution in [0.4, 0.5) is 0 Å². The quantitative estimate of drug-likeness (QED) is 0.348. The fourth-order valence-electron chi connectivity index (χ4n) is 2.18. The van der Waals surface area contributed by atoms with Gasteiger partial charge in [0.2, 0.25) is 5.78 Å². The number of esters is 1. The summed E-state index contributed by atoms with van der Waals surface area (Å²) in [5, 5.41) is 0.932. The molecule has 0 N–H and O–H groups in total. The molecule has 0 aliphatic heterocycles. The largest absolute Gasteiger partial charge is 0.493 e. The maximum atomic E-state index is 12.1. The number of hydrogen-bond acceptors (Lipinski definition) is 5. The molecule has 0 aliphatic rings. The molecule has 0 saturated carbocycles. The summed E-state index contributed by atoms with van der Waals surface area (Å²) in [5.74, 6) is -0.318. The highest BCUT2D eigenvalue weighted by molar-refractivity contribution is 6.37. The van der Waals surface area contributed by atoms with Crippen molar-refractivity contribution >= 4 is 52.6 Å². The Morgan fingerprint density at radius 2 is 1.74 bits per heavy atom. The van der Waals surface area contributed by atoms with Crippen LogP contribution in [0.1, 0.15) is 15.9 Å². The van der Waals surface area contributed by atoms with E-state index in [-0.39, 0.29) is 10.6 Å². The van der Waals surface area contributed by atoms with Crippen LogP contribution in [-0.2, 0) is 9.53 Å². The summed E-state index contributed by atoms with van der Waals surface area (Å²) >= 11 is 17.8. The molecule has 2 aromatic rings. The normalized spacial score (nSPS) is 10.7. The lowest BCUT2D eigenvalue weighted by Gasteiger charge is -2.10. The first-order valence-electron chi connectivity index (χ1n) is 7.60. The van der Waals surface area contributed by atoms with Gasteiger partial charge in [-0.3, -0.25) is 4.79 Å². The monoisotopic (exact) mass is 428 g/mol. The van der Waals surface area contributed by atoms with Crippen molar-refractivity contribution in [3.05, 3.63) is 62.6 Å². The highest BCUT2D eigenvalue weighted by atomic mass is 35.5. The van der Waals surface area contributed by atoms with E-state index >= 15 is 0 Å². The molecule has 0 atom stereocenters. The van der Waals surface area contributed by atoms with Crippen molar-refractivity contribution in [1.29, 1.82) is 0 Å². The first-order chi connectivity index (χ1) is 12.8. The summed E-state index contributed by atoms with van der Waals surface area (Å²) in [5.41, 5.74) is 0.825. The zero-order valence-electron chi connectivity index (χ0n) is 14.4.